The molecule has 31 heavy (non-hydrogen) atoms. The van der Waals surface area contributed by atoms with E-state index >= 15 is 0 Å². The van der Waals surface area contributed by atoms with E-state index in [4.69, 9.17) is 4.74 Å². The molecule has 0 spiro atoms. The number of nitrogens with one attached hydrogen (secondary N) is 1. The van der Waals surface area contributed by atoms with Crippen molar-refractivity contribution >= 4 is 21.6 Å². The second kappa shape index (κ2) is 8.54. The Bertz CT molecular complexity index is 1080. The van der Waals surface area contributed by atoms with Gasteiger partial charge in [-0.15, -0.1) is 0 Å². The molecule has 1 amide bonds. The fourth-order valence-electron chi connectivity index (χ4n) is 4.19. The second-order valence-electron chi connectivity index (χ2n) is 8.94. The molecule has 0 bridgehead atoms. The Kier molecular flexibility index (Phi) is 6.37. The Balaban J connectivity index is 1.97. The van der Waals surface area contributed by atoms with Crippen LogP contribution in [0.4, 0.5) is 5.69 Å². The molecule has 0 aliphatic carbocycles. The Labute approximate surface area is 185 Å². The standard InChI is InChI=1S/C24H32N2O4S/c1-7-20(26(31(6,28)29)21-14-16(2)12-13-17(21)3)23(27)25-19-15-24(4,5)30-22-11-9-8-10-18(19)22/h8-14,19-20H,7,15H2,1-6H3,(H,25,27)/t19-,20-/m1/s1. The van der Waals surface area contributed by atoms with Gasteiger partial charge in [-0.05, 0) is 57.4 Å². The van der Waals surface area contributed by atoms with Gasteiger partial charge in [-0.25, -0.2) is 8.42 Å². The highest BCUT2D eigenvalue weighted by Crippen LogP contribution is 2.39. The zero-order chi connectivity index (χ0) is 23.0. The molecule has 168 valence electrons. The normalized spacial score (nSPS) is 18.5. The van der Waals surface area contributed by atoms with Crippen LogP contribution in [0.3, 0.4) is 0 Å². The molecule has 0 unspecified atom stereocenters. The molecule has 0 aromatic heterocycles. The third kappa shape index (κ3) is 5.03. The molecular formula is C24H32N2O4S. The molecule has 1 N–H and O–H groups in total. The Hall–Kier alpha value is -2.54. The summed E-state index contributed by atoms with van der Waals surface area (Å²) in [5, 5.41) is 3.11. The quantitative estimate of drug-likeness (QED) is 0.722. The van der Waals surface area contributed by atoms with Crippen molar-refractivity contribution in [1.29, 1.82) is 0 Å². The van der Waals surface area contributed by atoms with Crippen LogP contribution in [-0.4, -0.2) is 32.2 Å². The summed E-state index contributed by atoms with van der Waals surface area (Å²) in [5.41, 5.74) is 2.74. The van der Waals surface area contributed by atoms with Crippen LogP contribution in [0.5, 0.6) is 5.75 Å². The van der Waals surface area contributed by atoms with Gasteiger partial charge in [0.2, 0.25) is 15.9 Å². The van der Waals surface area contributed by atoms with Crippen molar-refractivity contribution in [1.82, 2.24) is 5.32 Å². The monoisotopic (exact) mass is 444 g/mol. The predicted molar refractivity (Wildman–Crippen MR) is 124 cm³/mol. The fraction of sp³-hybridized carbons (Fsp3) is 0.458. The summed E-state index contributed by atoms with van der Waals surface area (Å²) in [5.74, 6) is 0.429. The first kappa shape index (κ1) is 23.1. The molecule has 0 radical (unpaired) electrons. The first-order chi connectivity index (χ1) is 14.4. The topological polar surface area (TPSA) is 75.7 Å². The van der Waals surface area contributed by atoms with Crippen molar-refractivity contribution in [2.24, 2.45) is 0 Å². The maximum atomic E-state index is 13.5. The largest absolute Gasteiger partial charge is 0.487 e. The molecule has 7 heteroatoms. The second-order valence-corrected chi connectivity index (χ2v) is 10.8. The molecule has 3 rings (SSSR count). The number of anilines is 1. The average molecular weight is 445 g/mol. The number of para-hydroxylation sites is 1. The van der Waals surface area contributed by atoms with Gasteiger partial charge in [0.1, 0.15) is 17.4 Å². The van der Waals surface area contributed by atoms with E-state index in [0.717, 1.165) is 28.7 Å². The summed E-state index contributed by atoms with van der Waals surface area (Å²) >= 11 is 0. The zero-order valence-corrected chi connectivity index (χ0v) is 19.9. The van der Waals surface area contributed by atoms with Crippen molar-refractivity contribution in [3.05, 3.63) is 59.2 Å². The minimum absolute atomic E-state index is 0.262. The average Bonchev–Trinajstić information content (AvgIpc) is 2.66. The van der Waals surface area contributed by atoms with Crippen LogP contribution in [0.2, 0.25) is 0 Å². The molecule has 2 aromatic rings. The minimum atomic E-state index is -3.69. The lowest BCUT2D eigenvalue weighted by Crippen LogP contribution is -2.51. The van der Waals surface area contributed by atoms with Gasteiger partial charge in [-0.1, -0.05) is 37.3 Å². The summed E-state index contributed by atoms with van der Waals surface area (Å²) in [6.45, 7) is 9.56. The lowest BCUT2D eigenvalue weighted by molar-refractivity contribution is -0.123. The Morgan fingerprint density at radius 2 is 1.90 bits per heavy atom. The first-order valence-electron chi connectivity index (χ1n) is 10.6. The highest BCUT2D eigenvalue weighted by Gasteiger charge is 2.38. The highest BCUT2D eigenvalue weighted by molar-refractivity contribution is 7.92. The molecule has 1 heterocycles. The van der Waals surface area contributed by atoms with Crippen LogP contribution in [0.15, 0.2) is 42.5 Å². The Morgan fingerprint density at radius 1 is 1.23 bits per heavy atom. The van der Waals surface area contributed by atoms with Gasteiger partial charge in [-0.3, -0.25) is 9.10 Å². The molecule has 0 saturated carbocycles. The van der Waals surface area contributed by atoms with Crippen molar-refractivity contribution < 1.29 is 17.9 Å². The summed E-state index contributed by atoms with van der Waals surface area (Å²) in [6.07, 6.45) is 2.09. The van der Waals surface area contributed by atoms with Crippen LogP contribution in [-0.2, 0) is 14.8 Å². The molecule has 0 fully saturated rings. The van der Waals surface area contributed by atoms with E-state index in [1.165, 1.54) is 4.31 Å². The third-order valence-electron chi connectivity index (χ3n) is 5.62. The number of nitrogens with zero attached hydrogens (tertiary/aromatic N) is 1. The molecule has 2 aromatic carbocycles. The number of hydrogen-bond acceptors (Lipinski definition) is 4. The van der Waals surface area contributed by atoms with E-state index in [-0.39, 0.29) is 11.9 Å². The number of rotatable bonds is 6. The van der Waals surface area contributed by atoms with Crippen LogP contribution in [0, 0.1) is 13.8 Å². The van der Waals surface area contributed by atoms with Gasteiger partial charge in [0.15, 0.2) is 0 Å². The van der Waals surface area contributed by atoms with Crippen LogP contribution < -0.4 is 14.4 Å². The Morgan fingerprint density at radius 3 is 2.55 bits per heavy atom. The zero-order valence-electron chi connectivity index (χ0n) is 19.1. The molecule has 0 saturated heterocycles. The van der Waals surface area contributed by atoms with Gasteiger partial charge in [0.05, 0.1) is 18.0 Å². The van der Waals surface area contributed by atoms with E-state index in [0.29, 0.717) is 18.5 Å². The van der Waals surface area contributed by atoms with Gasteiger partial charge in [0.25, 0.3) is 0 Å². The number of hydrogen-bond donors (Lipinski definition) is 1. The number of sulfonamides is 1. The third-order valence-corrected chi connectivity index (χ3v) is 6.79. The van der Waals surface area contributed by atoms with Gasteiger partial charge >= 0.3 is 0 Å². The van der Waals surface area contributed by atoms with Crippen molar-refractivity contribution in [2.45, 2.75) is 65.1 Å². The fourth-order valence-corrected chi connectivity index (χ4v) is 5.45. The molecule has 2 atom stereocenters. The number of amides is 1. The number of carbonyl (C=O) groups excluding carboxylic acids is 1. The molecular weight excluding hydrogens is 412 g/mol. The van der Waals surface area contributed by atoms with E-state index in [1.54, 1.807) is 0 Å². The summed E-state index contributed by atoms with van der Waals surface area (Å²) in [4.78, 5) is 13.5. The summed E-state index contributed by atoms with van der Waals surface area (Å²) in [7, 11) is -3.69. The predicted octanol–water partition coefficient (Wildman–Crippen LogP) is 4.27. The SMILES string of the molecule is CC[C@H](C(=O)N[C@@H]1CC(C)(C)Oc2ccccc21)N(c1cc(C)ccc1C)S(C)(=O)=O. The van der Waals surface area contributed by atoms with Crippen molar-refractivity contribution in [2.75, 3.05) is 10.6 Å². The molecule has 6 nitrogen and oxygen atoms in total. The number of fused-ring (bicyclic) bond motifs is 1. The van der Waals surface area contributed by atoms with Crippen molar-refractivity contribution in [3.63, 3.8) is 0 Å². The summed E-state index contributed by atoms with van der Waals surface area (Å²) in [6, 6.07) is 12.2. The smallest absolute Gasteiger partial charge is 0.244 e. The first-order valence-corrected chi connectivity index (χ1v) is 12.4. The number of aryl methyl sites for hydroxylation is 2. The van der Waals surface area contributed by atoms with E-state index in [1.807, 2.05) is 77.1 Å². The number of ether oxygens (including phenoxy) is 1. The van der Waals surface area contributed by atoms with Gasteiger partial charge < -0.3 is 10.1 Å². The molecule has 1 aliphatic heterocycles. The molecule has 1 aliphatic rings. The van der Waals surface area contributed by atoms with Crippen LogP contribution >= 0.6 is 0 Å². The van der Waals surface area contributed by atoms with Crippen molar-refractivity contribution in [3.8, 4) is 5.75 Å². The maximum absolute atomic E-state index is 13.5. The number of benzene rings is 2. The summed E-state index contributed by atoms with van der Waals surface area (Å²) < 4.78 is 33.0. The van der Waals surface area contributed by atoms with Crippen LogP contribution in [0.1, 0.15) is 56.3 Å². The lowest BCUT2D eigenvalue weighted by atomic mass is 9.89. The minimum Gasteiger partial charge on any atom is -0.487 e. The highest BCUT2D eigenvalue weighted by atomic mass is 32.2. The van der Waals surface area contributed by atoms with Gasteiger partial charge in [-0.2, -0.15) is 0 Å². The lowest BCUT2D eigenvalue weighted by Gasteiger charge is -2.39. The maximum Gasteiger partial charge on any atom is 0.244 e. The van der Waals surface area contributed by atoms with E-state index in [2.05, 4.69) is 5.32 Å². The van der Waals surface area contributed by atoms with Gasteiger partial charge in [0, 0.05) is 12.0 Å². The van der Waals surface area contributed by atoms with Crippen LogP contribution in [0.25, 0.3) is 0 Å². The van der Waals surface area contributed by atoms with E-state index in [9.17, 15) is 13.2 Å². The van der Waals surface area contributed by atoms with E-state index < -0.39 is 21.7 Å². The number of carbonyl (C=O) groups is 1.